The van der Waals surface area contributed by atoms with E-state index in [9.17, 15) is 19.2 Å². The summed E-state index contributed by atoms with van der Waals surface area (Å²) in [5.74, 6) is -2.44. The lowest BCUT2D eigenvalue weighted by molar-refractivity contribution is -0.155. The summed E-state index contributed by atoms with van der Waals surface area (Å²) < 4.78 is 10.6. The van der Waals surface area contributed by atoms with Crippen molar-refractivity contribution in [1.29, 1.82) is 0 Å². The molecule has 2 aliphatic rings. The van der Waals surface area contributed by atoms with E-state index in [0.717, 1.165) is 16.7 Å². The number of ether oxygens (including phenoxy) is 2. The van der Waals surface area contributed by atoms with Gasteiger partial charge in [0.2, 0.25) is 0 Å². The van der Waals surface area contributed by atoms with Crippen LogP contribution in [-0.2, 0) is 48.2 Å². The van der Waals surface area contributed by atoms with Gasteiger partial charge in [0.1, 0.15) is 17.6 Å². The van der Waals surface area contributed by atoms with E-state index in [1.165, 1.54) is 0 Å². The molecular formula is C30H36N2O6. The smallest absolute Gasteiger partial charge is 0.317 e. The second kappa shape index (κ2) is 13.4. The van der Waals surface area contributed by atoms with Gasteiger partial charge in [-0.1, -0.05) is 54.6 Å². The Morgan fingerprint density at radius 1 is 0.816 bits per heavy atom. The highest BCUT2D eigenvalue weighted by atomic mass is 16.5. The Morgan fingerprint density at radius 2 is 1.53 bits per heavy atom. The molecule has 2 aromatic carbocycles. The molecule has 2 heterocycles. The fraction of sp³-hybridized carbons (Fsp3) is 0.467. The van der Waals surface area contributed by atoms with Gasteiger partial charge in [-0.25, -0.2) is 0 Å². The first-order chi connectivity index (χ1) is 18.4. The highest BCUT2D eigenvalue weighted by molar-refractivity contribution is 6.00. The highest BCUT2D eigenvalue weighted by Gasteiger charge is 2.34. The molecule has 8 heteroatoms. The van der Waals surface area contributed by atoms with Crippen molar-refractivity contribution in [3.05, 3.63) is 71.3 Å². The van der Waals surface area contributed by atoms with Crippen molar-refractivity contribution in [2.24, 2.45) is 11.8 Å². The van der Waals surface area contributed by atoms with Crippen molar-refractivity contribution in [2.45, 2.75) is 39.3 Å². The molecule has 0 bridgehead atoms. The maximum Gasteiger partial charge on any atom is 0.317 e. The monoisotopic (exact) mass is 520 g/mol. The van der Waals surface area contributed by atoms with Gasteiger partial charge in [-0.15, -0.1) is 0 Å². The van der Waals surface area contributed by atoms with Crippen molar-refractivity contribution < 1.29 is 28.7 Å². The normalized spacial score (nSPS) is 20.8. The number of rotatable bonds is 10. The average Bonchev–Trinajstić information content (AvgIpc) is 2.91. The van der Waals surface area contributed by atoms with Crippen molar-refractivity contribution >= 4 is 23.5 Å². The molecule has 0 saturated carbocycles. The lowest BCUT2D eigenvalue weighted by atomic mass is 9.95. The maximum atomic E-state index is 12.6. The van der Waals surface area contributed by atoms with Crippen LogP contribution in [0.3, 0.4) is 0 Å². The fourth-order valence-electron chi connectivity index (χ4n) is 5.11. The predicted molar refractivity (Wildman–Crippen MR) is 141 cm³/mol. The summed E-state index contributed by atoms with van der Waals surface area (Å²) in [6.45, 7) is 5.43. The van der Waals surface area contributed by atoms with Gasteiger partial charge in [-0.3, -0.25) is 29.0 Å². The minimum absolute atomic E-state index is 0.0596. The quantitative estimate of drug-likeness (QED) is 0.349. The lowest BCUT2D eigenvalue weighted by Gasteiger charge is -2.30. The number of carbonyl (C=O) groups is 4. The molecule has 0 spiro atoms. The second-order valence-electron chi connectivity index (χ2n) is 10.00. The summed E-state index contributed by atoms with van der Waals surface area (Å²) >= 11 is 0. The van der Waals surface area contributed by atoms with Gasteiger partial charge in [0.15, 0.2) is 5.78 Å². The molecule has 2 aliphatic heterocycles. The van der Waals surface area contributed by atoms with E-state index < -0.39 is 23.8 Å². The van der Waals surface area contributed by atoms with Crippen LogP contribution in [0.5, 0.6) is 0 Å². The van der Waals surface area contributed by atoms with Crippen LogP contribution in [0.4, 0.5) is 0 Å². The molecule has 0 radical (unpaired) electrons. The van der Waals surface area contributed by atoms with Gasteiger partial charge < -0.3 is 9.47 Å². The minimum Gasteiger partial charge on any atom is -0.465 e. The first-order valence-electron chi connectivity index (χ1n) is 13.4. The minimum atomic E-state index is -0.723. The van der Waals surface area contributed by atoms with Crippen LogP contribution in [-0.4, -0.2) is 72.7 Å². The molecule has 0 aromatic heterocycles. The zero-order valence-electron chi connectivity index (χ0n) is 22.0. The van der Waals surface area contributed by atoms with E-state index in [-0.39, 0.29) is 31.3 Å². The third kappa shape index (κ3) is 7.58. The van der Waals surface area contributed by atoms with Crippen molar-refractivity contribution in [3.8, 4) is 0 Å². The Morgan fingerprint density at radius 3 is 2.29 bits per heavy atom. The molecule has 2 atom stereocenters. The second-order valence-corrected chi connectivity index (χ2v) is 10.00. The number of likely N-dealkylation sites (tertiary alicyclic amines) is 2. The van der Waals surface area contributed by atoms with E-state index in [4.69, 9.17) is 9.47 Å². The van der Waals surface area contributed by atoms with Crippen molar-refractivity contribution in [2.75, 3.05) is 39.4 Å². The third-order valence-electron chi connectivity index (χ3n) is 7.14. The topological polar surface area (TPSA) is 93.2 Å². The average molecular weight is 521 g/mol. The van der Waals surface area contributed by atoms with Crippen LogP contribution in [0.1, 0.15) is 36.5 Å². The van der Waals surface area contributed by atoms with Gasteiger partial charge in [0, 0.05) is 45.6 Å². The fourth-order valence-corrected chi connectivity index (χ4v) is 5.11. The third-order valence-corrected chi connectivity index (χ3v) is 7.14. The molecule has 2 saturated heterocycles. The molecule has 202 valence electrons. The van der Waals surface area contributed by atoms with E-state index in [2.05, 4.69) is 15.9 Å². The van der Waals surface area contributed by atoms with Crippen LogP contribution in [0, 0.1) is 11.8 Å². The van der Waals surface area contributed by atoms with Crippen LogP contribution < -0.4 is 0 Å². The van der Waals surface area contributed by atoms with Crippen LogP contribution in [0.2, 0.25) is 0 Å². The Labute approximate surface area is 223 Å². The number of hydrogen-bond acceptors (Lipinski definition) is 8. The standard InChI is InChI=1S/C30H36N2O6/c1-2-37-30(36)26-20-31(15-12-27(26)33)19-24-10-6-9-22(17-24)13-16-38-29(35)25-11-14-32(21-28(25)34)18-23-7-4-3-5-8-23/h3-10,17,25-26H,2,11-16,18-21H2,1H3. The summed E-state index contributed by atoms with van der Waals surface area (Å²) in [5, 5.41) is 0. The van der Waals surface area contributed by atoms with Gasteiger partial charge in [-0.2, -0.15) is 0 Å². The Hall–Kier alpha value is -3.36. The Kier molecular flexibility index (Phi) is 9.79. The zero-order valence-corrected chi connectivity index (χ0v) is 22.0. The van der Waals surface area contributed by atoms with Crippen LogP contribution >= 0.6 is 0 Å². The van der Waals surface area contributed by atoms with E-state index >= 15 is 0 Å². The molecule has 0 amide bonds. The maximum absolute atomic E-state index is 12.6. The van der Waals surface area contributed by atoms with Gasteiger partial charge in [-0.05, 0) is 30.0 Å². The van der Waals surface area contributed by atoms with Gasteiger partial charge in [0.25, 0.3) is 0 Å². The number of piperidine rings is 2. The molecule has 2 aromatic rings. The number of esters is 2. The number of carbonyl (C=O) groups excluding carboxylic acids is 4. The molecular weight excluding hydrogens is 484 g/mol. The predicted octanol–water partition coefficient (Wildman–Crippen LogP) is 2.82. The number of Topliss-reactive ketones (excluding diaryl/α,β-unsaturated/α-hetero) is 2. The Bertz CT molecular complexity index is 1130. The van der Waals surface area contributed by atoms with E-state index in [0.29, 0.717) is 52.0 Å². The highest BCUT2D eigenvalue weighted by Crippen LogP contribution is 2.20. The first-order valence-corrected chi connectivity index (χ1v) is 13.4. The van der Waals surface area contributed by atoms with Crippen molar-refractivity contribution in [3.63, 3.8) is 0 Å². The summed E-state index contributed by atoms with van der Waals surface area (Å²) in [6.07, 6.45) is 1.36. The molecule has 0 N–H and O–H groups in total. The molecule has 4 rings (SSSR count). The van der Waals surface area contributed by atoms with Crippen LogP contribution in [0.25, 0.3) is 0 Å². The largest absolute Gasteiger partial charge is 0.465 e. The number of benzene rings is 2. The van der Waals surface area contributed by atoms with Gasteiger partial charge >= 0.3 is 11.9 Å². The number of nitrogens with zero attached hydrogens (tertiary/aromatic N) is 2. The summed E-state index contributed by atoms with van der Waals surface area (Å²) in [7, 11) is 0. The molecule has 38 heavy (non-hydrogen) atoms. The molecule has 2 unspecified atom stereocenters. The summed E-state index contributed by atoms with van der Waals surface area (Å²) in [4.78, 5) is 53.7. The SMILES string of the molecule is CCOC(=O)C1CN(Cc2cccc(CCOC(=O)C3CCN(Cc4ccccc4)CC3=O)c2)CCC1=O. The first kappa shape index (κ1) is 27.7. The van der Waals surface area contributed by atoms with Gasteiger partial charge in [0.05, 0.1) is 19.8 Å². The summed E-state index contributed by atoms with van der Waals surface area (Å²) in [6, 6.07) is 18.0. The zero-order chi connectivity index (χ0) is 26.9. The number of ketones is 2. The molecule has 0 aliphatic carbocycles. The van der Waals surface area contributed by atoms with Crippen LogP contribution in [0.15, 0.2) is 54.6 Å². The summed E-state index contributed by atoms with van der Waals surface area (Å²) in [5.41, 5.74) is 3.23. The Balaban J connectivity index is 1.22. The lowest BCUT2D eigenvalue weighted by Crippen LogP contribution is -2.44. The molecule has 8 nitrogen and oxygen atoms in total. The molecule has 2 fully saturated rings. The number of hydrogen-bond donors (Lipinski definition) is 0. The van der Waals surface area contributed by atoms with E-state index in [1.54, 1.807) is 6.92 Å². The van der Waals surface area contributed by atoms with E-state index in [1.807, 2.05) is 48.5 Å². The van der Waals surface area contributed by atoms with Crippen molar-refractivity contribution in [1.82, 2.24) is 9.80 Å².